The molecule has 1 aromatic carbocycles. The van der Waals surface area contributed by atoms with Crippen molar-refractivity contribution in [1.29, 1.82) is 0 Å². The Kier molecular flexibility index (Phi) is 8.81. The van der Waals surface area contributed by atoms with Gasteiger partial charge in [0.2, 0.25) is 5.91 Å². The smallest absolute Gasteiger partial charge is 0.315 e. The Balaban J connectivity index is 1.23. The third kappa shape index (κ3) is 7.69. The lowest BCUT2D eigenvalue weighted by molar-refractivity contribution is -0.133. The van der Waals surface area contributed by atoms with Crippen LogP contribution in [0.25, 0.3) is 0 Å². The molecule has 3 amide bonds. The number of nitrogens with one attached hydrogen (secondary N) is 2. The second kappa shape index (κ2) is 11.8. The van der Waals surface area contributed by atoms with Crippen LogP contribution < -0.4 is 10.6 Å². The van der Waals surface area contributed by atoms with Gasteiger partial charge in [0.05, 0.1) is 0 Å². The summed E-state index contributed by atoms with van der Waals surface area (Å²) in [7, 11) is 0. The SMILES string of the molecule is O=C(NCCCC(=O)N1CCN(CCc2ccccc2)CC1)NC1CCCCC1. The van der Waals surface area contributed by atoms with Crippen LogP contribution in [0.1, 0.15) is 50.5 Å². The molecule has 1 aromatic rings. The van der Waals surface area contributed by atoms with Crippen molar-refractivity contribution in [3.63, 3.8) is 0 Å². The molecule has 1 heterocycles. The summed E-state index contributed by atoms with van der Waals surface area (Å²) in [6.45, 7) is 5.11. The van der Waals surface area contributed by atoms with Gasteiger partial charge in [0.1, 0.15) is 0 Å². The number of amides is 3. The normalized spacial score (nSPS) is 18.4. The molecule has 0 radical (unpaired) electrons. The van der Waals surface area contributed by atoms with Gasteiger partial charge in [-0.1, -0.05) is 49.6 Å². The highest BCUT2D eigenvalue weighted by Crippen LogP contribution is 2.17. The lowest BCUT2D eigenvalue weighted by atomic mass is 9.96. The molecule has 2 fully saturated rings. The summed E-state index contributed by atoms with van der Waals surface area (Å²) in [5.41, 5.74) is 1.37. The van der Waals surface area contributed by atoms with Gasteiger partial charge in [-0.15, -0.1) is 0 Å². The van der Waals surface area contributed by atoms with Gasteiger partial charge in [0, 0.05) is 51.7 Å². The number of benzene rings is 1. The Morgan fingerprint density at radius 3 is 2.41 bits per heavy atom. The Hall–Kier alpha value is -2.08. The van der Waals surface area contributed by atoms with Crippen molar-refractivity contribution in [3.8, 4) is 0 Å². The maximum absolute atomic E-state index is 12.4. The highest BCUT2D eigenvalue weighted by Gasteiger charge is 2.20. The molecule has 160 valence electrons. The van der Waals surface area contributed by atoms with Crippen LogP contribution in [0.2, 0.25) is 0 Å². The number of piperazine rings is 1. The van der Waals surface area contributed by atoms with Gasteiger partial charge < -0.3 is 15.5 Å². The molecule has 6 nitrogen and oxygen atoms in total. The monoisotopic (exact) mass is 400 g/mol. The number of hydrogen-bond acceptors (Lipinski definition) is 3. The number of nitrogens with zero attached hydrogens (tertiary/aromatic N) is 2. The van der Waals surface area contributed by atoms with Crippen LogP contribution in [0, 0.1) is 0 Å². The predicted molar refractivity (Wildman–Crippen MR) is 116 cm³/mol. The summed E-state index contributed by atoms with van der Waals surface area (Å²) in [4.78, 5) is 28.8. The number of carbonyl (C=O) groups excluding carboxylic acids is 2. The van der Waals surface area contributed by atoms with Gasteiger partial charge >= 0.3 is 6.03 Å². The zero-order valence-corrected chi connectivity index (χ0v) is 17.6. The van der Waals surface area contributed by atoms with E-state index in [-0.39, 0.29) is 11.9 Å². The Morgan fingerprint density at radius 1 is 0.966 bits per heavy atom. The Labute approximate surface area is 175 Å². The number of rotatable bonds is 8. The van der Waals surface area contributed by atoms with Crippen LogP contribution in [0.15, 0.2) is 30.3 Å². The quantitative estimate of drug-likeness (QED) is 0.660. The van der Waals surface area contributed by atoms with Crippen LogP contribution in [-0.4, -0.2) is 67.0 Å². The summed E-state index contributed by atoms with van der Waals surface area (Å²) >= 11 is 0. The molecule has 2 aliphatic rings. The third-order valence-electron chi connectivity index (χ3n) is 6.08. The van der Waals surface area contributed by atoms with E-state index >= 15 is 0 Å². The fourth-order valence-electron chi connectivity index (χ4n) is 4.24. The van der Waals surface area contributed by atoms with Gasteiger partial charge in [-0.3, -0.25) is 9.69 Å². The molecule has 3 rings (SSSR count). The molecule has 0 atom stereocenters. The molecule has 2 N–H and O–H groups in total. The number of carbonyl (C=O) groups is 2. The summed E-state index contributed by atoms with van der Waals surface area (Å²) < 4.78 is 0. The van der Waals surface area contributed by atoms with Crippen LogP contribution >= 0.6 is 0 Å². The first-order valence-corrected chi connectivity index (χ1v) is 11.3. The van der Waals surface area contributed by atoms with Crippen LogP contribution in [0.3, 0.4) is 0 Å². The van der Waals surface area contributed by atoms with Crippen molar-refractivity contribution < 1.29 is 9.59 Å². The topological polar surface area (TPSA) is 64.7 Å². The van der Waals surface area contributed by atoms with Gasteiger partial charge in [-0.2, -0.15) is 0 Å². The molecule has 1 saturated carbocycles. The summed E-state index contributed by atoms with van der Waals surface area (Å²) in [5.74, 6) is 0.210. The van der Waals surface area contributed by atoms with Crippen LogP contribution in [0.4, 0.5) is 4.79 Å². The zero-order chi connectivity index (χ0) is 20.3. The average molecular weight is 401 g/mol. The van der Waals surface area contributed by atoms with E-state index in [1.165, 1.54) is 24.8 Å². The fourth-order valence-corrected chi connectivity index (χ4v) is 4.24. The first-order chi connectivity index (χ1) is 14.2. The van der Waals surface area contributed by atoms with Crippen LogP contribution in [-0.2, 0) is 11.2 Å². The number of hydrogen-bond donors (Lipinski definition) is 2. The van der Waals surface area contributed by atoms with Gasteiger partial charge in [-0.05, 0) is 31.2 Å². The molecule has 0 aromatic heterocycles. The van der Waals surface area contributed by atoms with E-state index in [1.807, 2.05) is 11.0 Å². The van der Waals surface area contributed by atoms with E-state index in [9.17, 15) is 9.59 Å². The van der Waals surface area contributed by atoms with Crippen molar-refractivity contribution in [2.75, 3.05) is 39.3 Å². The van der Waals surface area contributed by atoms with Crippen molar-refractivity contribution in [2.45, 2.75) is 57.4 Å². The van der Waals surface area contributed by atoms with E-state index in [4.69, 9.17) is 0 Å². The maximum Gasteiger partial charge on any atom is 0.315 e. The predicted octanol–water partition coefficient (Wildman–Crippen LogP) is 2.79. The molecule has 6 heteroatoms. The van der Waals surface area contributed by atoms with E-state index < -0.39 is 0 Å². The molecule has 1 saturated heterocycles. The second-order valence-electron chi connectivity index (χ2n) is 8.30. The minimum absolute atomic E-state index is 0.0867. The maximum atomic E-state index is 12.4. The highest BCUT2D eigenvalue weighted by atomic mass is 16.2. The third-order valence-corrected chi connectivity index (χ3v) is 6.08. The lowest BCUT2D eigenvalue weighted by Gasteiger charge is -2.34. The molecule has 29 heavy (non-hydrogen) atoms. The first-order valence-electron chi connectivity index (χ1n) is 11.3. The van der Waals surface area contributed by atoms with E-state index in [0.29, 0.717) is 25.4 Å². The molecule has 0 bridgehead atoms. The minimum Gasteiger partial charge on any atom is -0.340 e. The van der Waals surface area contributed by atoms with Crippen LogP contribution in [0.5, 0.6) is 0 Å². The van der Waals surface area contributed by atoms with Crippen molar-refractivity contribution >= 4 is 11.9 Å². The van der Waals surface area contributed by atoms with Gasteiger partial charge in [0.15, 0.2) is 0 Å². The Morgan fingerprint density at radius 2 is 1.69 bits per heavy atom. The fraction of sp³-hybridized carbons (Fsp3) is 0.652. The standard InChI is InChI=1S/C23H36N4O2/c28-22(12-7-14-24-23(29)25-21-10-5-2-6-11-21)27-18-16-26(17-19-27)15-13-20-8-3-1-4-9-20/h1,3-4,8-9,21H,2,5-7,10-19H2,(H2,24,25,29). The molecule has 0 spiro atoms. The van der Waals surface area contributed by atoms with E-state index in [0.717, 1.165) is 52.0 Å². The molecule has 1 aliphatic carbocycles. The van der Waals surface area contributed by atoms with Crippen molar-refractivity contribution in [1.82, 2.24) is 20.4 Å². The minimum atomic E-state index is -0.0867. The van der Waals surface area contributed by atoms with E-state index in [1.54, 1.807) is 0 Å². The van der Waals surface area contributed by atoms with Crippen molar-refractivity contribution in [2.24, 2.45) is 0 Å². The van der Waals surface area contributed by atoms with Gasteiger partial charge in [-0.25, -0.2) is 4.79 Å². The molecular weight excluding hydrogens is 364 g/mol. The average Bonchev–Trinajstić information content (AvgIpc) is 2.77. The lowest BCUT2D eigenvalue weighted by Crippen LogP contribution is -2.49. The Bertz CT molecular complexity index is 623. The second-order valence-corrected chi connectivity index (χ2v) is 8.30. The highest BCUT2D eigenvalue weighted by molar-refractivity contribution is 5.76. The molecule has 1 aliphatic heterocycles. The largest absolute Gasteiger partial charge is 0.340 e. The summed E-state index contributed by atoms with van der Waals surface area (Å²) in [6.07, 6.45) is 8.13. The van der Waals surface area contributed by atoms with E-state index in [2.05, 4.69) is 39.8 Å². The van der Waals surface area contributed by atoms with Gasteiger partial charge in [0.25, 0.3) is 0 Å². The number of urea groups is 1. The first kappa shape index (κ1) is 21.6. The molecule has 0 unspecified atom stereocenters. The van der Waals surface area contributed by atoms with Crippen molar-refractivity contribution in [3.05, 3.63) is 35.9 Å². The molecular formula is C23H36N4O2. The summed E-state index contributed by atoms with van der Waals surface area (Å²) in [6, 6.07) is 10.8. The zero-order valence-electron chi connectivity index (χ0n) is 17.6. The summed E-state index contributed by atoms with van der Waals surface area (Å²) in [5, 5.41) is 5.95.